The molecule has 36 heavy (non-hydrogen) atoms. The lowest BCUT2D eigenvalue weighted by atomic mass is 9.85. The number of aromatic amines is 2. The third kappa shape index (κ3) is 5.53. The van der Waals surface area contributed by atoms with E-state index in [4.69, 9.17) is 14.9 Å². The van der Waals surface area contributed by atoms with Gasteiger partial charge < -0.3 is 20.4 Å². The van der Waals surface area contributed by atoms with Gasteiger partial charge in [0.15, 0.2) is 0 Å². The van der Waals surface area contributed by atoms with Crippen LogP contribution in [0.3, 0.4) is 0 Å². The van der Waals surface area contributed by atoms with Gasteiger partial charge in [0.05, 0.1) is 11.0 Å². The van der Waals surface area contributed by atoms with Crippen LogP contribution in [0.2, 0.25) is 0 Å². The fourth-order valence-electron chi connectivity index (χ4n) is 4.75. The minimum atomic E-state index is -5.08. The zero-order valence-corrected chi connectivity index (χ0v) is 19.7. The Kier molecular flexibility index (Phi) is 7.32. The molecule has 1 aliphatic rings. The minimum absolute atomic E-state index is 0.00769. The van der Waals surface area contributed by atoms with E-state index in [2.05, 4.69) is 34.3 Å². The van der Waals surface area contributed by atoms with Gasteiger partial charge in [-0.2, -0.15) is 13.2 Å². The van der Waals surface area contributed by atoms with E-state index in [-0.39, 0.29) is 11.9 Å². The van der Waals surface area contributed by atoms with Crippen molar-refractivity contribution in [3.63, 3.8) is 0 Å². The summed E-state index contributed by atoms with van der Waals surface area (Å²) in [4.78, 5) is 33.6. The molecule has 10 heteroatoms. The second-order valence-corrected chi connectivity index (χ2v) is 8.85. The average Bonchev–Trinajstić information content (AvgIpc) is 3.45. The van der Waals surface area contributed by atoms with Crippen molar-refractivity contribution < 1.29 is 27.9 Å². The van der Waals surface area contributed by atoms with Crippen LogP contribution in [0.4, 0.5) is 13.2 Å². The molecule has 1 fully saturated rings. The lowest BCUT2D eigenvalue weighted by molar-refractivity contribution is -0.192. The van der Waals surface area contributed by atoms with Crippen molar-refractivity contribution in [1.29, 1.82) is 0 Å². The first-order valence-electron chi connectivity index (χ1n) is 11.8. The summed E-state index contributed by atoms with van der Waals surface area (Å²) in [5.41, 5.74) is 4.93. The van der Waals surface area contributed by atoms with Gasteiger partial charge in [-0.1, -0.05) is 43.7 Å². The van der Waals surface area contributed by atoms with Crippen molar-refractivity contribution in [3.05, 3.63) is 65.6 Å². The van der Waals surface area contributed by atoms with E-state index >= 15 is 0 Å². The summed E-state index contributed by atoms with van der Waals surface area (Å²) >= 11 is 0. The lowest BCUT2D eigenvalue weighted by Crippen LogP contribution is -2.38. The number of carbonyl (C=O) groups is 2. The molecule has 0 unspecified atom stereocenters. The largest absolute Gasteiger partial charge is 0.490 e. The number of para-hydroxylation sites is 3. The van der Waals surface area contributed by atoms with E-state index in [1.165, 1.54) is 0 Å². The number of carbonyl (C=O) groups excluding carboxylic acids is 1. The topological polar surface area (TPSA) is 111 Å². The molecule has 2 aromatic carbocycles. The fraction of sp³-hybridized carbons (Fsp3) is 0.346. The van der Waals surface area contributed by atoms with E-state index in [0.717, 1.165) is 65.4 Å². The second kappa shape index (κ2) is 10.4. The van der Waals surface area contributed by atoms with Crippen molar-refractivity contribution in [3.8, 4) is 0 Å². The molecule has 7 nitrogen and oxygen atoms in total. The highest BCUT2D eigenvalue weighted by atomic mass is 19.4. The van der Waals surface area contributed by atoms with Gasteiger partial charge in [-0.05, 0) is 49.4 Å². The molecule has 2 heterocycles. The molecule has 4 aromatic rings. The van der Waals surface area contributed by atoms with Gasteiger partial charge in [0.25, 0.3) is 5.91 Å². The number of hydrogen-bond acceptors (Lipinski definition) is 3. The Morgan fingerprint density at radius 1 is 1.06 bits per heavy atom. The van der Waals surface area contributed by atoms with E-state index in [1.807, 2.05) is 36.4 Å². The molecule has 0 saturated heterocycles. The summed E-state index contributed by atoms with van der Waals surface area (Å²) in [6.07, 6.45) is -0.102. The van der Waals surface area contributed by atoms with Gasteiger partial charge >= 0.3 is 12.1 Å². The number of imidazole rings is 1. The summed E-state index contributed by atoms with van der Waals surface area (Å²) in [7, 11) is 0. The summed E-state index contributed by atoms with van der Waals surface area (Å²) in [6, 6.07) is 16.5. The molecule has 0 radical (unpaired) electrons. The normalized spacial score (nSPS) is 18.0. The third-order valence-electron chi connectivity index (χ3n) is 6.44. The molecule has 5 rings (SSSR count). The molecule has 1 aliphatic carbocycles. The summed E-state index contributed by atoms with van der Waals surface area (Å²) < 4.78 is 31.7. The Balaban J connectivity index is 0.000000384. The van der Waals surface area contributed by atoms with Crippen LogP contribution >= 0.6 is 0 Å². The number of amides is 1. The van der Waals surface area contributed by atoms with Gasteiger partial charge in [-0.15, -0.1) is 0 Å². The van der Waals surface area contributed by atoms with E-state index in [1.54, 1.807) is 0 Å². The molecule has 1 saturated carbocycles. The van der Waals surface area contributed by atoms with E-state index in [0.29, 0.717) is 11.6 Å². The first kappa shape index (κ1) is 25.3. The van der Waals surface area contributed by atoms with Crippen LogP contribution in [-0.2, 0) is 11.2 Å². The first-order valence-corrected chi connectivity index (χ1v) is 11.8. The Labute approximate surface area is 205 Å². The molecule has 0 aliphatic heterocycles. The molecule has 190 valence electrons. The van der Waals surface area contributed by atoms with Gasteiger partial charge in [-0.3, -0.25) is 4.79 Å². The van der Waals surface area contributed by atoms with Crippen molar-refractivity contribution in [2.45, 2.75) is 57.2 Å². The van der Waals surface area contributed by atoms with Crippen LogP contribution in [0.15, 0.2) is 48.5 Å². The standard InChI is InChI=1S/C24H26N4O.C2HF3O2/c1-2-17-18-10-3-4-11-19(18)26-22(17)24(29)25-16-9-7-8-15(14-16)23-27-20-12-5-6-13-21(20)28-23;3-2(4,5)1(6)7/h3-6,10-13,15-16,26H,2,7-9,14H2,1H3,(H,25,29)(H,27,28);(H,6,7)/t15-,16+;/m0./s1. The molecule has 2 aromatic heterocycles. The van der Waals surface area contributed by atoms with Crippen LogP contribution < -0.4 is 5.32 Å². The summed E-state index contributed by atoms with van der Waals surface area (Å²) in [5.74, 6) is -1.35. The number of halogens is 3. The maximum Gasteiger partial charge on any atom is 0.490 e. The third-order valence-corrected chi connectivity index (χ3v) is 6.44. The number of nitrogens with zero attached hydrogens (tertiary/aromatic N) is 1. The smallest absolute Gasteiger partial charge is 0.475 e. The number of fused-ring (bicyclic) bond motifs is 2. The number of rotatable bonds is 4. The highest BCUT2D eigenvalue weighted by Crippen LogP contribution is 2.33. The minimum Gasteiger partial charge on any atom is -0.475 e. The maximum absolute atomic E-state index is 13.1. The van der Waals surface area contributed by atoms with Crippen LogP contribution in [-0.4, -0.2) is 44.2 Å². The highest BCUT2D eigenvalue weighted by Gasteiger charge is 2.38. The van der Waals surface area contributed by atoms with E-state index < -0.39 is 12.1 Å². The molecule has 0 bridgehead atoms. The number of benzene rings is 2. The van der Waals surface area contributed by atoms with Gasteiger partial charge in [0.1, 0.15) is 11.5 Å². The number of aromatic nitrogens is 3. The summed E-state index contributed by atoms with van der Waals surface area (Å²) in [5, 5.41) is 11.6. The zero-order valence-electron chi connectivity index (χ0n) is 19.7. The fourth-order valence-corrected chi connectivity index (χ4v) is 4.75. The zero-order chi connectivity index (χ0) is 25.9. The van der Waals surface area contributed by atoms with Crippen LogP contribution in [0.25, 0.3) is 21.9 Å². The lowest BCUT2D eigenvalue weighted by Gasteiger charge is -2.28. The molecular formula is C26H27F3N4O3. The highest BCUT2D eigenvalue weighted by molar-refractivity contribution is 6.01. The molecule has 4 N–H and O–H groups in total. The molecule has 0 spiro atoms. The molecule has 2 atom stereocenters. The average molecular weight is 501 g/mol. The van der Waals surface area contributed by atoms with Crippen molar-refractivity contribution >= 4 is 33.8 Å². The Bertz CT molecular complexity index is 1340. The number of carboxylic acid groups (broad SMARTS) is 1. The predicted octanol–water partition coefficient (Wildman–Crippen LogP) is 5.70. The van der Waals surface area contributed by atoms with Crippen molar-refractivity contribution in [2.75, 3.05) is 0 Å². The van der Waals surface area contributed by atoms with Crippen LogP contribution in [0.5, 0.6) is 0 Å². The van der Waals surface area contributed by atoms with Crippen LogP contribution in [0.1, 0.15) is 60.4 Å². The monoisotopic (exact) mass is 500 g/mol. The Morgan fingerprint density at radius 2 is 1.72 bits per heavy atom. The number of aliphatic carboxylic acids is 1. The van der Waals surface area contributed by atoms with E-state index in [9.17, 15) is 18.0 Å². The van der Waals surface area contributed by atoms with Gasteiger partial charge in [0, 0.05) is 22.9 Å². The van der Waals surface area contributed by atoms with Crippen molar-refractivity contribution in [1.82, 2.24) is 20.3 Å². The molecule has 1 amide bonds. The number of aryl methyl sites for hydroxylation is 1. The quantitative estimate of drug-likeness (QED) is 0.288. The number of H-pyrrole nitrogens is 2. The Morgan fingerprint density at radius 3 is 2.39 bits per heavy atom. The van der Waals surface area contributed by atoms with Gasteiger partial charge in [0.2, 0.25) is 0 Å². The van der Waals surface area contributed by atoms with Crippen LogP contribution in [0, 0.1) is 0 Å². The number of carboxylic acids is 1. The molecular weight excluding hydrogens is 473 g/mol. The SMILES string of the molecule is CCc1c(C(=O)N[C@@H]2CCC[C@H](c3nc4ccccc4[nH]3)C2)[nH]c2ccccc12.O=C(O)C(F)(F)F. The maximum atomic E-state index is 13.1. The van der Waals surface area contributed by atoms with Crippen molar-refractivity contribution in [2.24, 2.45) is 0 Å². The number of nitrogens with one attached hydrogen (secondary N) is 3. The number of hydrogen-bond donors (Lipinski definition) is 4. The van der Waals surface area contributed by atoms with Gasteiger partial charge in [-0.25, -0.2) is 9.78 Å². The summed E-state index contributed by atoms with van der Waals surface area (Å²) in [6.45, 7) is 2.10. The Hall–Kier alpha value is -3.82. The predicted molar refractivity (Wildman–Crippen MR) is 130 cm³/mol. The first-order chi connectivity index (χ1) is 17.2. The number of alkyl halides is 3. The second-order valence-electron chi connectivity index (χ2n) is 8.85.